The van der Waals surface area contributed by atoms with Crippen LogP contribution in [0.3, 0.4) is 0 Å². The van der Waals surface area contributed by atoms with Crippen LogP contribution >= 0.6 is 15.9 Å². The van der Waals surface area contributed by atoms with E-state index < -0.39 is 0 Å². The van der Waals surface area contributed by atoms with E-state index in [1.54, 1.807) is 0 Å². The average Bonchev–Trinajstić information content (AvgIpc) is 2.24. The van der Waals surface area contributed by atoms with Crippen molar-refractivity contribution in [2.45, 2.75) is 71.1 Å². The molecule has 92 valence electrons. The van der Waals surface area contributed by atoms with E-state index in [9.17, 15) is 4.79 Å². The number of Topliss-reactive ketones (excluding diaryl/α,β-unsaturated/α-hetero) is 1. The van der Waals surface area contributed by atoms with Crippen LogP contribution in [0.25, 0.3) is 0 Å². The highest BCUT2D eigenvalue weighted by Crippen LogP contribution is 2.28. The van der Waals surface area contributed by atoms with Gasteiger partial charge in [0.25, 0.3) is 0 Å². The molecular weight excluding hydrogens is 264 g/mol. The Morgan fingerprint density at radius 1 is 1.12 bits per heavy atom. The first-order chi connectivity index (χ1) is 7.75. The van der Waals surface area contributed by atoms with Gasteiger partial charge in [-0.1, -0.05) is 48.5 Å². The fourth-order valence-corrected chi connectivity index (χ4v) is 2.90. The number of halogens is 1. The van der Waals surface area contributed by atoms with Crippen LogP contribution in [-0.4, -0.2) is 5.78 Å². The summed E-state index contributed by atoms with van der Waals surface area (Å²) in [6.07, 6.45) is 11.2. The van der Waals surface area contributed by atoms with Crippen molar-refractivity contribution in [3.8, 4) is 0 Å². The predicted octanol–water partition coefficient (Wildman–Crippen LogP) is 5.14. The molecule has 0 amide bonds. The maximum Gasteiger partial charge on any atom is 0.159 e. The quantitative estimate of drug-likeness (QED) is 0.640. The molecule has 0 spiro atoms. The molecule has 0 aliphatic heterocycles. The lowest BCUT2D eigenvalue weighted by atomic mass is 9.95. The van der Waals surface area contributed by atoms with Crippen LogP contribution in [0.1, 0.15) is 71.1 Å². The molecule has 0 aromatic rings. The Hall–Kier alpha value is -0.110. The number of ketones is 1. The zero-order valence-electron chi connectivity index (χ0n) is 10.4. The first-order valence-electron chi connectivity index (χ1n) is 6.66. The topological polar surface area (TPSA) is 17.1 Å². The van der Waals surface area contributed by atoms with E-state index in [1.165, 1.54) is 43.0 Å². The molecule has 1 rings (SSSR count). The van der Waals surface area contributed by atoms with E-state index in [-0.39, 0.29) is 0 Å². The summed E-state index contributed by atoms with van der Waals surface area (Å²) >= 11 is 3.61. The van der Waals surface area contributed by atoms with E-state index in [0.717, 1.165) is 31.3 Å². The third kappa shape index (κ3) is 4.82. The lowest BCUT2D eigenvalue weighted by Gasteiger charge is -2.13. The Kier molecular flexibility index (Phi) is 7.02. The Morgan fingerprint density at radius 2 is 1.81 bits per heavy atom. The minimum atomic E-state index is 0.391. The lowest BCUT2D eigenvalue weighted by molar-refractivity contribution is -0.115. The molecule has 0 radical (unpaired) electrons. The summed E-state index contributed by atoms with van der Waals surface area (Å²) in [7, 11) is 0. The van der Waals surface area contributed by atoms with E-state index in [0.29, 0.717) is 5.78 Å². The molecule has 0 fully saturated rings. The molecular formula is C14H23BrO. The molecule has 1 aliphatic rings. The zero-order valence-corrected chi connectivity index (χ0v) is 11.9. The molecule has 0 heterocycles. The zero-order chi connectivity index (χ0) is 11.8. The molecule has 16 heavy (non-hydrogen) atoms. The van der Waals surface area contributed by atoms with Gasteiger partial charge in [-0.05, 0) is 32.1 Å². The Balaban J connectivity index is 2.52. The van der Waals surface area contributed by atoms with Gasteiger partial charge in [0.1, 0.15) is 0 Å². The van der Waals surface area contributed by atoms with Gasteiger partial charge in [-0.2, -0.15) is 0 Å². The van der Waals surface area contributed by atoms with E-state index in [2.05, 4.69) is 22.9 Å². The standard InChI is InChI=1S/C14H23BrO/c1-2-3-6-11-14(16)12-9-7-4-5-8-10-13(12)15/h2-11H2,1H3/b13-12-. The molecule has 0 aromatic carbocycles. The summed E-state index contributed by atoms with van der Waals surface area (Å²) in [4.78, 5) is 12.1. The van der Waals surface area contributed by atoms with Gasteiger partial charge in [0.2, 0.25) is 0 Å². The number of rotatable bonds is 5. The highest BCUT2D eigenvalue weighted by Gasteiger charge is 2.15. The van der Waals surface area contributed by atoms with Crippen molar-refractivity contribution in [3.05, 3.63) is 10.1 Å². The molecule has 0 N–H and O–H groups in total. The lowest BCUT2D eigenvalue weighted by Crippen LogP contribution is -2.06. The van der Waals surface area contributed by atoms with Crippen molar-refractivity contribution in [1.29, 1.82) is 0 Å². The third-order valence-corrected chi connectivity index (χ3v) is 4.12. The largest absolute Gasteiger partial charge is 0.295 e. The van der Waals surface area contributed by atoms with Gasteiger partial charge in [-0.3, -0.25) is 4.79 Å². The maximum absolute atomic E-state index is 12.1. The second kappa shape index (κ2) is 8.05. The van der Waals surface area contributed by atoms with Crippen molar-refractivity contribution in [3.63, 3.8) is 0 Å². The van der Waals surface area contributed by atoms with Crippen LogP contribution < -0.4 is 0 Å². The molecule has 0 saturated carbocycles. The number of carbonyl (C=O) groups excluding carboxylic acids is 1. The fourth-order valence-electron chi connectivity index (χ4n) is 2.20. The summed E-state index contributed by atoms with van der Waals surface area (Å²) in [5, 5.41) is 0. The number of hydrogen-bond acceptors (Lipinski definition) is 1. The Morgan fingerprint density at radius 3 is 2.50 bits per heavy atom. The van der Waals surface area contributed by atoms with Crippen LogP contribution in [0.2, 0.25) is 0 Å². The fraction of sp³-hybridized carbons (Fsp3) is 0.786. The van der Waals surface area contributed by atoms with Gasteiger partial charge in [0, 0.05) is 16.5 Å². The molecule has 0 aromatic heterocycles. The van der Waals surface area contributed by atoms with Gasteiger partial charge in [0.05, 0.1) is 0 Å². The molecule has 0 unspecified atom stereocenters. The Labute approximate surface area is 108 Å². The van der Waals surface area contributed by atoms with Crippen molar-refractivity contribution in [2.24, 2.45) is 0 Å². The SMILES string of the molecule is CCCCCC(=O)/C1=C(\Br)CCCCCC1. The average molecular weight is 287 g/mol. The summed E-state index contributed by atoms with van der Waals surface area (Å²) in [6.45, 7) is 2.18. The van der Waals surface area contributed by atoms with Gasteiger partial charge in [0.15, 0.2) is 5.78 Å². The van der Waals surface area contributed by atoms with Crippen LogP contribution in [0.5, 0.6) is 0 Å². The number of allylic oxidation sites excluding steroid dienone is 2. The smallest absolute Gasteiger partial charge is 0.159 e. The van der Waals surface area contributed by atoms with Crippen LogP contribution in [0.15, 0.2) is 10.1 Å². The van der Waals surface area contributed by atoms with E-state index in [4.69, 9.17) is 0 Å². The number of hydrogen-bond donors (Lipinski definition) is 0. The maximum atomic E-state index is 12.1. The number of unbranched alkanes of at least 4 members (excludes halogenated alkanes) is 2. The third-order valence-electron chi connectivity index (χ3n) is 3.24. The van der Waals surface area contributed by atoms with Crippen molar-refractivity contribution >= 4 is 21.7 Å². The summed E-state index contributed by atoms with van der Waals surface area (Å²) in [5.74, 6) is 0.391. The highest BCUT2D eigenvalue weighted by molar-refractivity contribution is 9.11. The van der Waals surface area contributed by atoms with E-state index >= 15 is 0 Å². The van der Waals surface area contributed by atoms with Gasteiger partial charge >= 0.3 is 0 Å². The van der Waals surface area contributed by atoms with Crippen molar-refractivity contribution in [2.75, 3.05) is 0 Å². The van der Waals surface area contributed by atoms with Crippen LogP contribution in [0.4, 0.5) is 0 Å². The number of carbonyl (C=O) groups is 1. The molecule has 1 nitrogen and oxygen atoms in total. The first-order valence-corrected chi connectivity index (χ1v) is 7.45. The van der Waals surface area contributed by atoms with Crippen molar-refractivity contribution < 1.29 is 4.79 Å². The Bertz CT molecular complexity index is 255. The van der Waals surface area contributed by atoms with Crippen LogP contribution in [-0.2, 0) is 4.79 Å². The summed E-state index contributed by atoms with van der Waals surface area (Å²) in [5.41, 5.74) is 1.09. The minimum absolute atomic E-state index is 0.391. The molecule has 2 heteroatoms. The second-order valence-electron chi connectivity index (χ2n) is 4.68. The van der Waals surface area contributed by atoms with Crippen LogP contribution in [0, 0.1) is 0 Å². The normalized spacial score (nSPS) is 22.6. The second-order valence-corrected chi connectivity index (χ2v) is 5.64. The van der Waals surface area contributed by atoms with Gasteiger partial charge in [-0.15, -0.1) is 0 Å². The monoisotopic (exact) mass is 286 g/mol. The van der Waals surface area contributed by atoms with Crippen molar-refractivity contribution in [1.82, 2.24) is 0 Å². The first kappa shape index (κ1) is 14.0. The van der Waals surface area contributed by atoms with Gasteiger partial charge in [-0.25, -0.2) is 0 Å². The minimum Gasteiger partial charge on any atom is -0.295 e. The molecule has 0 bridgehead atoms. The molecule has 0 saturated heterocycles. The summed E-state index contributed by atoms with van der Waals surface area (Å²) < 4.78 is 1.19. The summed E-state index contributed by atoms with van der Waals surface area (Å²) in [6, 6.07) is 0. The van der Waals surface area contributed by atoms with Gasteiger partial charge < -0.3 is 0 Å². The highest BCUT2D eigenvalue weighted by atomic mass is 79.9. The van der Waals surface area contributed by atoms with E-state index in [1.807, 2.05) is 0 Å². The predicted molar refractivity (Wildman–Crippen MR) is 72.8 cm³/mol. The molecule has 1 aliphatic carbocycles. The molecule has 0 atom stereocenters.